The molecule has 3 saturated heterocycles. The average Bonchev–Trinajstić information content (AvgIpc) is 3.59. The Morgan fingerprint density at radius 2 is 1.39 bits per heavy atom. The molecule has 0 aromatic carbocycles. The zero-order valence-electron chi connectivity index (χ0n) is 18.2. The van der Waals surface area contributed by atoms with Crippen LogP contribution in [-0.2, 0) is 42.8 Å². The van der Waals surface area contributed by atoms with Crippen molar-refractivity contribution < 1.29 is 42.8 Å². The molecule has 3 aliphatic rings. The summed E-state index contributed by atoms with van der Waals surface area (Å²) in [4.78, 5) is 31.7. The Labute approximate surface area is 182 Å². The van der Waals surface area contributed by atoms with E-state index in [1.807, 2.05) is 6.92 Å². The SMILES string of the molecule is C=C(C)C(=O)OCCC1CO1.C=CC(=O)OCC1OC1C.C=CC(=O)OCCC1CO1. The summed E-state index contributed by atoms with van der Waals surface area (Å²) in [5.74, 6) is -1.06. The number of carbonyl (C=O) groups is 3. The van der Waals surface area contributed by atoms with Gasteiger partial charge in [-0.15, -0.1) is 0 Å². The molecule has 4 atom stereocenters. The number of hydrogen-bond donors (Lipinski definition) is 0. The van der Waals surface area contributed by atoms with E-state index in [2.05, 4.69) is 19.7 Å². The summed E-state index contributed by atoms with van der Waals surface area (Å²) in [6, 6.07) is 0. The Kier molecular flexibility index (Phi) is 12.4. The predicted molar refractivity (Wildman–Crippen MR) is 111 cm³/mol. The van der Waals surface area contributed by atoms with Crippen LogP contribution in [0.15, 0.2) is 37.5 Å². The lowest BCUT2D eigenvalue weighted by molar-refractivity contribution is -0.139. The van der Waals surface area contributed by atoms with Gasteiger partial charge in [0.15, 0.2) is 0 Å². The van der Waals surface area contributed by atoms with Gasteiger partial charge < -0.3 is 28.4 Å². The second-order valence-corrected chi connectivity index (χ2v) is 6.99. The van der Waals surface area contributed by atoms with Gasteiger partial charge in [0, 0.05) is 30.6 Å². The summed E-state index contributed by atoms with van der Waals surface area (Å²) in [6.07, 6.45) is 4.94. The molecule has 3 rings (SSSR count). The number of hydrogen-bond acceptors (Lipinski definition) is 9. The van der Waals surface area contributed by atoms with Crippen molar-refractivity contribution in [2.75, 3.05) is 33.0 Å². The summed E-state index contributed by atoms with van der Waals surface area (Å²) in [6.45, 7) is 16.4. The van der Waals surface area contributed by atoms with Gasteiger partial charge in [-0.05, 0) is 13.8 Å². The van der Waals surface area contributed by atoms with Crippen LogP contribution in [0, 0.1) is 0 Å². The second-order valence-electron chi connectivity index (χ2n) is 6.99. The van der Waals surface area contributed by atoms with E-state index >= 15 is 0 Å². The summed E-state index contributed by atoms with van der Waals surface area (Å²) < 4.78 is 29.1. The van der Waals surface area contributed by atoms with Gasteiger partial charge in [-0.3, -0.25) is 0 Å². The van der Waals surface area contributed by atoms with Gasteiger partial charge in [-0.2, -0.15) is 0 Å². The van der Waals surface area contributed by atoms with Crippen molar-refractivity contribution in [1.29, 1.82) is 0 Å². The van der Waals surface area contributed by atoms with Crippen LogP contribution in [0.5, 0.6) is 0 Å². The van der Waals surface area contributed by atoms with E-state index in [9.17, 15) is 14.4 Å². The third-order valence-corrected chi connectivity index (χ3v) is 4.07. The number of epoxide rings is 3. The molecule has 0 bridgehead atoms. The first-order valence-electron chi connectivity index (χ1n) is 10.1. The van der Waals surface area contributed by atoms with Gasteiger partial charge in [0.2, 0.25) is 0 Å². The van der Waals surface area contributed by atoms with E-state index in [1.165, 1.54) is 0 Å². The molecule has 174 valence electrons. The first-order chi connectivity index (χ1) is 14.8. The second kappa shape index (κ2) is 14.5. The topological polar surface area (TPSA) is 116 Å². The van der Waals surface area contributed by atoms with E-state index < -0.39 is 0 Å². The number of carbonyl (C=O) groups excluding carboxylic acids is 3. The number of rotatable bonds is 11. The van der Waals surface area contributed by atoms with Gasteiger partial charge in [0.05, 0.1) is 44.7 Å². The van der Waals surface area contributed by atoms with E-state index in [1.54, 1.807) is 6.92 Å². The zero-order chi connectivity index (χ0) is 23.2. The smallest absolute Gasteiger partial charge is 0.333 e. The molecule has 0 amide bonds. The highest BCUT2D eigenvalue weighted by Crippen LogP contribution is 2.20. The fourth-order valence-electron chi connectivity index (χ4n) is 1.85. The summed E-state index contributed by atoms with van der Waals surface area (Å²) in [7, 11) is 0. The molecule has 9 heteroatoms. The van der Waals surface area contributed by atoms with Crippen LogP contribution in [0.2, 0.25) is 0 Å². The van der Waals surface area contributed by atoms with Crippen molar-refractivity contribution >= 4 is 17.9 Å². The Bertz CT molecular complexity index is 635. The molecule has 0 saturated carbocycles. The molecule has 3 aliphatic heterocycles. The minimum absolute atomic E-state index is 0.115. The maximum Gasteiger partial charge on any atom is 0.333 e. The molecule has 4 unspecified atom stereocenters. The highest BCUT2D eigenvalue weighted by atomic mass is 16.6. The Morgan fingerprint density at radius 3 is 1.77 bits per heavy atom. The number of esters is 3. The third-order valence-electron chi connectivity index (χ3n) is 4.07. The quantitative estimate of drug-likeness (QED) is 0.205. The lowest BCUT2D eigenvalue weighted by atomic mass is 10.3. The Morgan fingerprint density at radius 1 is 0.935 bits per heavy atom. The lowest BCUT2D eigenvalue weighted by Gasteiger charge is -2.01. The van der Waals surface area contributed by atoms with Gasteiger partial charge in [0.25, 0.3) is 0 Å². The first-order valence-corrected chi connectivity index (χ1v) is 10.1. The molecule has 3 heterocycles. The van der Waals surface area contributed by atoms with Gasteiger partial charge in [-0.25, -0.2) is 14.4 Å². The normalized spacial score (nSPS) is 23.9. The van der Waals surface area contributed by atoms with Gasteiger partial charge in [0.1, 0.15) is 12.7 Å². The van der Waals surface area contributed by atoms with Crippen molar-refractivity contribution in [1.82, 2.24) is 0 Å². The van der Waals surface area contributed by atoms with E-state index in [4.69, 9.17) is 28.4 Å². The van der Waals surface area contributed by atoms with Crippen molar-refractivity contribution in [3.8, 4) is 0 Å². The monoisotopic (exact) mass is 440 g/mol. The third kappa shape index (κ3) is 15.0. The molecule has 3 fully saturated rings. The van der Waals surface area contributed by atoms with Crippen molar-refractivity contribution in [3.05, 3.63) is 37.5 Å². The molecule has 0 aromatic heterocycles. The van der Waals surface area contributed by atoms with Crippen molar-refractivity contribution in [2.45, 2.75) is 51.1 Å². The van der Waals surface area contributed by atoms with E-state index in [0.29, 0.717) is 37.6 Å². The van der Waals surface area contributed by atoms with Crippen molar-refractivity contribution in [3.63, 3.8) is 0 Å². The minimum Gasteiger partial charge on any atom is -0.462 e. The molecule has 0 aromatic rings. The average molecular weight is 440 g/mol. The molecule has 0 aliphatic carbocycles. The van der Waals surface area contributed by atoms with Crippen LogP contribution in [0.25, 0.3) is 0 Å². The van der Waals surface area contributed by atoms with Crippen LogP contribution < -0.4 is 0 Å². The number of ether oxygens (including phenoxy) is 6. The minimum atomic E-state index is -0.386. The molecular weight excluding hydrogens is 408 g/mol. The van der Waals surface area contributed by atoms with E-state index in [-0.39, 0.29) is 30.1 Å². The van der Waals surface area contributed by atoms with Gasteiger partial charge >= 0.3 is 17.9 Å². The standard InChI is InChI=1S/C8H12O3.2C7H10O3/c1-6(2)8(9)10-4-3-7-5-11-7;1-3-7(8)9-4-6-5(2)10-6;1-2-7(8)9-4-3-6-5-10-6/h7H,1,3-5H2,2H3;3,5-6H,1,4H2,2H3;2,6H,1,3-5H2. The molecule has 0 spiro atoms. The molecule has 9 nitrogen and oxygen atoms in total. The predicted octanol–water partition coefficient (Wildman–Crippen LogP) is 1.90. The maximum absolute atomic E-state index is 10.8. The Balaban J connectivity index is 0.000000233. The van der Waals surface area contributed by atoms with Crippen LogP contribution in [-0.4, -0.2) is 75.4 Å². The molecule has 31 heavy (non-hydrogen) atoms. The van der Waals surface area contributed by atoms with E-state index in [0.717, 1.165) is 38.2 Å². The molecular formula is C22H32O9. The summed E-state index contributed by atoms with van der Waals surface area (Å²) >= 11 is 0. The van der Waals surface area contributed by atoms with Crippen LogP contribution in [0.1, 0.15) is 26.7 Å². The van der Waals surface area contributed by atoms with Gasteiger partial charge in [-0.1, -0.05) is 19.7 Å². The highest BCUT2D eigenvalue weighted by Gasteiger charge is 2.35. The Hall–Kier alpha value is -2.49. The fourth-order valence-corrected chi connectivity index (χ4v) is 1.85. The maximum atomic E-state index is 10.8. The highest BCUT2D eigenvalue weighted by molar-refractivity contribution is 5.86. The van der Waals surface area contributed by atoms with Crippen LogP contribution >= 0.6 is 0 Å². The summed E-state index contributed by atoms with van der Waals surface area (Å²) in [5.41, 5.74) is 0.446. The largest absolute Gasteiger partial charge is 0.462 e. The van der Waals surface area contributed by atoms with Crippen LogP contribution in [0.3, 0.4) is 0 Å². The first kappa shape index (κ1) is 26.5. The molecule has 0 radical (unpaired) electrons. The van der Waals surface area contributed by atoms with Crippen molar-refractivity contribution in [2.24, 2.45) is 0 Å². The van der Waals surface area contributed by atoms with Crippen LogP contribution in [0.4, 0.5) is 0 Å². The fraction of sp³-hybridized carbons (Fsp3) is 0.591. The molecule has 0 N–H and O–H groups in total. The lowest BCUT2D eigenvalue weighted by Crippen LogP contribution is -2.07. The zero-order valence-corrected chi connectivity index (χ0v) is 18.2. The summed E-state index contributed by atoms with van der Waals surface area (Å²) in [5, 5.41) is 0.